The first kappa shape index (κ1) is 15.8. The van der Waals surface area contributed by atoms with Crippen molar-refractivity contribution < 1.29 is 14.7 Å². The maximum Gasteiger partial charge on any atom is 0.315 e. The molecule has 0 saturated carbocycles. The Kier molecular flexibility index (Phi) is 6.62. The van der Waals surface area contributed by atoms with E-state index in [9.17, 15) is 9.59 Å². The van der Waals surface area contributed by atoms with Crippen molar-refractivity contribution in [1.82, 2.24) is 15.5 Å². The lowest BCUT2D eigenvalue weighted by atomic mass is 9.94. The first-order chi connectivity index (χ1) is 8.99. The molecule has 19 heavy (non-hydrogen) atoms. The van der Waals surface area contributed by atoms with Crippen molar-refractivity contribution in [3.05, 3.63) is 0 Å². The zero-order chi connectivity index (χ0) is 14.3. The van der Waals surface area contributed by atoms with Crippen LogP contribution < -0.4 is 10.6 Å². The second-order valence-corrected chi connectivity index (χ2v) is 5.39. The number of nitrogens with one attached hydrogen (secondary N) is 2. The highest BCUT2D eigenvalue weighted by atomic mass is 16.4. The maximum absolute atomic E-state index is 11.7. The number of rotatable bonds is 6. The van der Waals surface area contributed by atoms with E-state index in [0.29, 0.717) is 25.3 Å². The number of urea groups is 1. The van der Waals surface area contributed by atoms with Crippen molar-refractivity contribution in [2.45, 2.75) is 38.6 Å². The fraction of sp³-hybridized carbons (Fsp3) is 0.846. The van der Waals surface area contributed by atoms with Crippen LogP contribution in [0.1, 0.15) is 32.6 Å². The molecule has 1 saturated heterocycles. The van der Waals surface area contributed by atoms with Crippen LogP contribution >= 0.6 is 0 Å². The lowest BCUT2D eigenvalue weighted by Gasteiger charge is -2.35. The van der Waals surface area contributed by atoms with Gasteiger partial charge in [0.2, 0.25) is 0 Å². The zero-order valence-electron chi connectivity index (χ0n) is 11.8. The molecule has 1 fully saturated rings. The van der Waals surface area contributed by atoms with E-state index >= 15 is 0 Å². The van der Waals surface area contributed by atoms with Gasteiger partial charge in [-0.3, -0.25) is 4.79 Å². The minimum absolute atomic E-state index is 0.142. The molecule has 2 atom stereocenters. The lowest BCUT2D eigenvalue weighted by molar-refractivity contribution is -0.137. The van der Waals surface area contributed by atoms with Gasteiger partial charge in [0.25, 0.3) is 0 Å². The quantitative estimate of drug-likeness (QED) is 0.626. The molecule has 0 bridgehead atoms. The highest BCUT2D eigenvalue weighted by Gasteiger charge is 2.25. The predicted molar refractivity (Wildman–Crippen MR) is 73.1 cm³/mol. The monoisotopic (exact) mass is 271 g/mol. The number of carbonyl (C=O) groups excluding carboxylic acids is 1. The number of hydrogen-bond acceptors (Lipinski definition) is 3. The summed E-state index contributed by atoms with van der Waals surface area (Å²) in [7, 11) is 2.09. The van der Waals surface area contributed by atoms with Crippen LogP contribution in [0.3, 0.4) is 0 Å². The SMILES string of the molecule is CC1CN(C)CCC1NC(=O)NCCCCC(=O)O. The Balaban J connectivity index is 2.12. The molecule has 1 aliphatic heterocycles. The van der Waals surface area contributed by atoms with Gasteiger partial charge in [0.05, 0.1) is 0 Å². The molecule has 1 heterocycles. The van der Waals surface area contributed by atoms with Gasteiger partial charge in [-0.15, -0.1) is 0 Å². The smallest absolute Gasteiger partial charge is 0.315 e. The molecular formula is C13H25N3O3. The number of hydrogen-bond donors (Lipinski definition) is 3. The van der Waals surface area contributed by atoms with Crippen LogP contribution in [0, 0.1) is 5.92 Å². The van der Waals surface area contributed by atoms with Crippen LogP contribution in [0.15, 0.2) is 0 Å². The molecule has 0 aromatic heterocycles. The highest BCUT2D eigenvalue weighted by Crippen LogP contribution is 2.14. The molecule has 0 spiro atoms. The summed E-state index contributed by atoms with van der Waals surface area (Å²) < 4.78 is 0. The Labute approximate surface area is 114 Å². The second kappa shape index (κ2) is 7.99. The van der Waals surface area contributed by atoms with Gasteiger partial charge in [0, 0.05) is 25.6 Å². The number of carboxylic acids is 1. The van der Waals surface area contributed by atoms with E-state index in [0.717, 1.165) is 19.5 Å². The summed E-state index contributed by atoms with van der Waals surface area (Å²) in [5.74, 6) is -0.332. The van der Waals surface area contributed by atoms with Gasteiger partial charge < -0.3 is 20.6 Å². The molecule has 0 aromatic rings. The average Bonchev–Trinajstić information content (AvgIpc) is 2.32. The van der Waals surface area contributed by atoms with Crippen molar-refractivity contribution in [2.24, 2.45) is 5.92 Å². The van der Waals surface area contributed by atoms with Gasteiger partial charge in [-0.25, -0.2) is 4.79 Å². The Bertz CT molecular complexity index is 310. The number of unbranched alkanes of at least 4 members (excludes halogenated alkanes) is 1. The summed E-state index contributed by atoms with van der Waals surface area (Å²) in [6.07, 6.45) is 2.43. The summed E-state index contributed by atoms with van der Waals surface area (Å²) >= 11 is 0. The molecule has 2 unspecified atom stereocenters. The molecule has 6 heteroatoms. The molecule has 3 N–H and O–H groups in total. The summed E-state index contributed by atoms with van der Waals surface area (Å²) in [5.41, 5.74) is 0. The Morgan fingerprint density at radius 3 is 2.74 bits per heavy atom. The van der Waals surface area contributed by atoms with Crippen LogP contribution in [-0.2, 0) is 4.79 Å². The Morgan fingerprint density at radius 1 is 1.37 bits per heavy atom. The predicted octanol–water partition coefficient (Wildman–Crippen LogP) is 0.881. The molecular weight excluding hydrogens is 246 g/mol. The third-order valence-electron chi connectivity index (χ3n) is 3.53. The molecule has 2 amide bonds. The van der Waals surface area contributed by atoms with E-state index in [4.69, 9.17) is 5.11 Å². The number of amides is 2. The van der Waals surface area contributed by atoms with Gasteiger partial charge in [-0.05, 0) is 38.8 Å². The Morgan fingerprint density at radius 2 is 2.11 bits per heavy atom. The van der Waals surface area contributed by atoms with Crippen molar-refractivity contribution in [2.75, 3.05) is 26.7 Å². The van der Waals surface area contributed by atoms with E-state index in [2.05, 4.69) is 29.5 Å². The molecule has 6 nitrogen and oxygen atoms in total. The topological polar surface area (TPSA) is 81.7 Å². The minimum atomic E-state index is -0.787. The minimum Gasteiger partial charge on any atom is -0.481 e. The number of likely N-dealkylation sites (tertiary alicyclic amines) is 1. The van der Waals surface area contributed by atoms with E-state index < -0.39 is 5.97 Å². The molecule has 110 valence electrons. The van der Waals surface area contributed by atoms with Crippen molar-refractivity contribution >= 4 is 12.0 Å². The number of piperidine rings is 1. The van der Waals surface area contributed by atoms with Gasteiger partial charge in [-0.1, -0.05) is 6.92 Å². The van der Waals surface area contributed by atoms with E-state index in [1.54, 1.807) is 0 Å². The van der Waals surface area contributed by atoms with Gasteiger partial charge in [-0.2, -0.15) is 0 Å². The molecule has 1 rings (SSSR count). The summed E-state index contributed by atoms with van der Waals surface area (Å²) in [4.78, 5) is 24.3. The molecule has 0 aromatic carbocycles. The Hall–Kier alpha value is -1.30. The van der Waals surface area contributed by atoms with Gasteiger partial charge in [0.1, 0.15) is 0 Å². The van der Waals surface area contributed by atoms with Gasteiger partial charge in [0.15, 0.2) is 0 Å². The number of nitrogens with zero attached hydrogens (tertiary/aromatic N) is 1. The normalized spacial score (nSPS) is 23.9. The third kappa shape index (κ3) is 6.42. The highest BCUT2D eigenvalue weighted by molar-refractivity contribution is 5.74. The van der Waals surface area contributed by atoms with Crippen LogP contribution in [0.5, 0.6) is 0 Å². The van der Waals surface area contributed by atoms with Gasteiger partial charge >= 0.3 is 12.0 Å². The standard InChI is InChI=1S/C13H25N3O3/c1-10-9-16(2)8-6-11(10)15-13(19)14-7-4-3-5-12(17)18/h10-11H,3-9H2,1-2H3,(H,17,18)(H2,14,15,19). The first-order valence-electron chi connectivity index (χ1n) is 6.93. The zero-order valence-corrected chi connectivity index (χ0v) is 11.8. The summed E-state index contributed by atoms with van der Waals surface area (Å²) in [6, 6.07) is 0.0898. The maximum atomic E-state index is 11.7. The third-order valence-corrected chi connectivity index (χ3v) is 3.53. The summed E-state index contributed by atoms with van der Waals surface area (Å²) in [6.45, 7) is 4.69. The number of aliphatic carboxylic acids is 1. The average molecular weight is 271 g/mol. The largest absolute Gasteiger partial charge is 0.481 e. The van der Waals surface area contributed by atoms with Crippen molar-refractivity contribution in [3.63, 3.8) is 0 Å². The second-order valence-electron chi connectivity index (χ2n) is 5.39. The molecule has 0 aliphatic carbocycles. The first-order valence-corrected chi connectivity index (χ1v) is 6.93. The van der Waals surface area contributed by atoms with Crippen LogP contribution in [-0.4, -0.2) is 54.7 Å². The van der Waals surface area contributed by atoms with Crippen molar-refractivity contribution in [1.29, 1.82) is 0 Å². The number of carboxylic acid groups (broad SMARTS) is 1. The van der Waals surface area contributed by atoms with E-state index in [1.807, 2.05) is 0 Å². The summed E-state index contributed by atoms with van der Waals surface area (Å²) in [5, 5.41) is 14.3. The van der Waals surface area contributed by atoms with Crippen molar-refractivity contribution in [3.8, 4) is 0 Å². The van der Waals surface area contributed by atoms with E-state index in [1.165, 1.54) is 0 Å². The van der Waals surface area contributed by atoms with Crippen LogP contribution in [0.25, 0.3) is 0 Å². The molecule has 0 radical (unpaired) electrons. The van der Waals surface area contributed by atoms with Crippen LogP contribution in [0.2, 0.25) is 0 Å². The van der Waals surface area contributed by atoms with E-state index in [-0.39, 0.29) is 18.5 Å². The fourth-order valence-corrected chi connectivity index (χ4v) is 2.39. The number of carbonyl (C=O) groups is 2. The van der Waals surface area contributed by atoms with Crippen LogP contribution in [0.4, 0.5) is 4.79 Å². The fourth-order valence-electron chi connectivity index (χ4n) is 2.39. The molecule has 1 aliphatic rings. The lowest BCUT2D eigenvalue weighted by Crippen LogP contribution is -2.51.